The number of likely N-dealkylation sites (N-methyl/N-ethyl adjacent to an activating group) is 1. The second-order valence-corrected chi connectivity index (χ2v) is 8.86. The van der Waals surface area contributed by atoms with Crippen LogP contribution in [-0.4, -0.2) is 58.3 Å². The monoisotopic (exact) mass is 454 g/mol. The number of hydrogen-bond acceptors (Lipinski definition) is 8. The number of likely N-dealkylation sites (tertiary alicyclic amines) is 1. The Kier molecular flexibility index (Phi) is 6.42. The molecule has 0 saturated carbocycles. The van der Waals surface area contributed by atoms with Crippen LogP contribution in [0, 0.1) is 19.3 Å². The molecule has 170 valence electrons. The molecule has 4 heterocycles. The lowest BCUT2D eigenvalue weighted by Gasteiger charge is -2.18. The maximum Gasteiger partial charge on any atom is 0.320 e. The lowest BCUT2D eigenvalue weighted by atomic mass is 10.1. The number of anilines is 3. The Morgan fingerprint density at radius 2 is 2.12 bits per heavy atom. The molecule has 32 heavy (non-hydrogen) atoms. The molecule has 0 unspecified atom stereocenters. The molecule has 0 spiro atoms. The van der Waals surface area contributed by atoms with E-state index in [0.29, 0.717) is 17.1 Å². The minimum Gasteiger partial charge on any atom is -0.354 e. The second kappa shape index (κ2) is 9.41. The summed E-state index contributed by atoms with van der Waals surface area (Å²) in [5.74, 6) is 0.537. The molecular formula is C22H30N8OS. The number of pyridine rings is 2. The van der Waals surface area contributed by atoms with Crippen LogP contribution in [0.5, 0.6) is 0 Å². The Bertz CT molecular complexity index is 1140. The SMILES string of the molecule is Cc1cc(Nc2cnc(NC(=O)N[C@@H]3CN(C)C[C@H]3c3nc(C)cs3)cc2C=N)ccn1.[HH].[HH]. The fourth-order valence-corrected chi connectivity index (χ4v) is 4.76. The summed E-state index contributed by atoms with van der Waals surface area (Å²) in [5, 5.41) is 19.9. The van der Waals surface area contributed by atoms with Crippen LogP contribution >= 0.6 is 11.3 Å². The maximum absolute atomic E-state index is 12.7. The van der Waals surface area contributed by atoms with Crippen molar-refractivity contribution in [2.45, 2.75) is 25.8 Å². The fourth-order valence-electron chi connectivity index (χ4n) is 3.80. The van der Waals surface area contributed by atoms with Gasteiger partial charge in [-0.2, -0.15) is 0 Å². The third-order valence-electron chi connectivity index (χ3n) is 5.28. The van der Waals surface area contributed by atoms with Crippen LogP contribution in [0.2, 0.25) is 0 Å². The number of nitrogens with one attached hydrogen (secondary N) is 4. The van der Waals surface area contributed by atoms with E-state index in [0.717, 1.165) is 35.2 Å². The predicted octanol–water partition coefficient (Wildman–Crippen LogP) is 4.00. The van der Waals surface area contributed by atoms with E-state index in [1.54, 1.807) is 29.8 Å². The van der Waals surface area contributed by atoms with Crippen molar-refractivity contribution in [3.05, 3.63) is 57.9 Å². The van der Waals surface area contributed by atoms with Gasteiger partial charge in [0.15, 0.2) is 0 Å². The van der Waals surface area contributed by atoms with Crippen LogP contribution < -0.4 is 16.0 Å². The fraction of sp³-hybridized carbons (Fsp3) is 0.318. The first-order chi connectivity index (χ1) is 15.4. The molecule has 3 aromatic heterocycles. The molecular weight excluding hydrogens is 424 g/mol. The minimum absolute atomic E-state index is 0. The number of thiazole rings is 1. The smallest absolute Gasteiger partial charge is 0.320 e. The van der Waals surface area contributed by atoms with Crippen molar-refractivity contribution in [1.82, 2.24) is 25.2 Å². The molecule has 9 nitrogen and oxygen atoms in total. The molecule has 3 aromatic rings. The summed E-state index contributed by atoms with van der Waals surface area (Å²) in [7, 11) is 2.04. The summed E-state index contributed by atoms with van der Waals surface area (Å²) in [6.07, 6.45) is 4.56. The largest absolute Gasteiger partial charge is 0.354 e. The van der Waals surface area contributed by atoms with Crippen LogP contribution in [0.1, 0.15) is 30.7 Å². The number of rotatable bonds is 6. The first kappa shape index (κ1) is 21.8. The quantitative estimate of drug-likeness (QED) is 0.418. The molecule has 4 N–H and O–H groups in total. The molecule has 10 heteroatoms. The molecule has 1 aliphatic heterocycles. The van der Waals surface area contributed by atoms with Gasteiger partial charge < -0.3 is 20.9 Å². The summed E-state index contributed by atoms with van der Waals surface area (Å²) in [4.78, 5) is 28.0. The van der Waals surface area contributed by atoms with Gasteiger partial charge in [0.25, 0.3) is 0 Å². The third-order valence-corrected chi connectivity index (χ3v) is 6.38. The van der Waals surface area contributed by atoms with E-state index in [4.69, 9.17) is 5.41 Å². The molecule has 0 aliphatic carbocycles. The average Bonchev–Trinajstić information content (AvgIpc) is 3.34. The zero-order valence-corrected chi connectivity index (χ0v) is 19.0. The number of nitrogens with zero attached hydrogens (tertiary/aromatic N) is 4. The summed E-state index contributed by atoms with van der Waals surface area (Å²) >= 11 is 1.63. The average molecular weight is 455 g/mol. The van der Waals surface area contributed by atoms with Gasteiger partial charge in [0.2, 0.25) is 0 Å². The highest BCUT2D eigenvalue weighted by Gasteiger charge is 2.35. The number of aryl methyl sites for hydroxylation is 2. The van der Waals surface area contributed by atoms with Crippen molar-refractivity contribution >= 4 is 40.8 Å². The highest BCUT2D eigenvalue weighted by atomic mass is 32.1. The summed E-state index contributed by atoms with van der Waals surface area (Å²) in [6.45, 7) is 5.50. The molecule has 0 bridgehead atoms. The van der Waals surface area contributed by atoms with Gasteiger partial charge in [0.05, 0.1) is 22.9 Å². The van der Waals surface area contributed by atoms with Gasteiger partial charge in [-0.3, -0.25) is 10.3 Å². The van der Waals surface area contributed by atoms with Crippen LogP contribution in [-0.2, 0) is 0 Å². The Labute approximate surface area is 193 Å². The molecule has 1 aliphatic rings. The first-order valence-electron chi connectivity index (χ1n) is 10.3. The van der Waals surface area contributed by atoms with Gasteiger partial charge in [0.1, 0.15) is 5.82 Å². The summed E-state index contributed by atoms with van der Waals surface area (Å²) < 4.78 is 0. The topological polar surface area (TPSA) is 119 Å². The van der Waals surface area contributed by atoms with Gasteiger partial charge in [-0.05, 0) is 39.1 Å². The number of urea groups is 1. The van der Waals surface area contributed by atoms with Gasteiger partial charge in [-0.1, -0.05) is 0 Å². The summed E-state index contributed by atoms with van der Waals surface area (Å²) in [6, 6.07) is 5.07. The van der Waals surface area contributed by atoms with Crippen LogP contribution in [0.15, 0.2) is 36.0 Å². The molecule has 2 amide bonds. The van der Waals surface area contributed by atoms with E-state index in [1.807, 2.05) is 38.4 Å². The molecule has 0 radical (unpaired) electrons. The Balaban J connectivity index is 0.00000204. The zero-order valence-electron chi connectivity index (χ0n) is 18.2. The predicted molar refractivity (Wildman–Crippen MR) is 132 cm³/mol. The molecule has 4 rings (SSSR count). The van der Waals surface area contributed by atoms with Gasteiger partial charge in [-0.15, -0.1) is 11.3 Å². The molecule has 1 saturated heterocycles. The number of carbonyl (C=O) groups is 1. The zero-order chi connectivity index (χ0) is 22.7. The molecule has 1 fully saturated rings. The lowest BCUT2D eigenvalue weighted by Crippen LogP contribution is -2.42. The van der Waals surface area contributed by atoms with E-state index in [1.165, 1.54) is 6.21 Å². The van der Waals surface area contributed by atoms with Gasteiger partial charge in [0, 0.05) is 62.3 Å². The summed E-state index contributed by atoms with van der Waals surface area (Å²) in [5.41, 5.74) is 4.03. The number of hydrogen-bond donors (Lipinski definition) is 4. The maximum atomic E-state index is 12.7. The van der Waals surface area contributed by atoms with Crippen molar-refractivity contribution < 1.29 is 7.65 Å². The van der Waals surface area contributed by atoms with E-state index in [-0.39, 0.29) is 20.8 Å². The molecule has 0 aromatic carbocycles. The lowest BCUT2D eigenvalue weighted by molar-refractivity contribution is 0.247. The van der Waals surface area contributed by atoms with Crippen molar-refractivity contribution in [2.75, 3.05) is 30.8 Å². The second-order valence-electron chi connectivity index (χ2n) is 7.97. The van der Waals surface area contributed by atoms with Crippen LogP contribution in [0.25, 0.3) is 0 Å². The molecule has 2 atom stereocenters. The third kappa shape index (κ3) is 5.09. The van der Waals surface area contributed by atoms with Gasteiger partial charge in [-0.25, -0.2) is 14.8 Å². The Morgan fingerprint density at radius 1 is 1.28 bits per heavy atom. The van der Waals surface area contributed by atoms with Crippen LogP contribution in [0.3, 0.4) is 0 Å². The number of amides is 2. The minimum atomic E-state index is -0.322. The highest BCUT2D eigenvalue weighted by molar-refractivity contribution is 7.09. The van der Waals surface area contributed by atoms with Crippen molar-refractivity contribution in [3.63, 3.8) is 0 Å². The normalized spacial score (nSPS) is 18.3. The highest BCUT2D eigenvalue weighted by Crippen LogP contribution is 2.29. The standard InChI is InChI=1S/C22H26N8OS.2H2/c1-13-6-16(4-5-24-13)27-18-9-25-20(7-15(18)8-23)29-22(31)28-19-11-30(3)10-17(19)21-26-14(2)12-32-21;;/h4-9,12,17,19,23H,10-11H2,1-3H3,(H,24,27)(H2,25,28,29,31);2*1H/t17-,19-;;/m1../s1. The number of carbonyl (C=O) groups excluding carboxylic acids is 1. The van der Waals surface area contributed by atoms with Crippen LogP contribution in [0.4, 0.5) is 22.0 Å². The first-order valence-corrected chi connectivity index (χ1v) is 11.2. The van der Waals surface area contributed by atoms with E-state index < -0.39 is 0 Å². The number of aromatic nitrogens is 3. The van der Waals surface area contributed by atoms with E-state index in [9.17, 15) is 4.79 Å². The van der Waals surface area contributed by atoms with Crippen molar-refractivity contribution in [1.29, 1.82) is 5.41 Å². The van der Waals surface area contributed by atoms with Crippen molar-refractivity contribution in [2.24, 2.45) is 0 Å². The van der Waals surface area contributed by atoms with E-state index >= 15 is 0 Å². The van der Waals surface area contributed by atoms with E-state index in [2.05, 4.69) is 35.8 Å². The Morgan fingerprint density at radius 3 is 2.84 bits per heavy atom. The van der Waals surface area contributed by atoms with Gasteiger partial charge >= 0.3 is 6.03 Å². The van der Waals surface area contributed by atoms with Crippen molar-refractivity contribution in [3.8, 4) is 0 Å². The Hall–Kier alpha value is -3.37.